The molecule has 5 nitrogen and oxygen atoms in total. The van der Waals surface area contributed by atoms with Crippen molar-refractivity contribution in [2.45, 2.75) is 26.0 Å². The van der Waals surface area contributed by atoms with Crippen LogP contribution in [0.3, 0.4) is 0 Å². The van der Waals surface area contributed by atoms with Crippen LogP contribution in [0.2, 0.25) is 0 Å². The summed E-state index contributed by atoms with van der Waals surface area (Å²) in [5, 5.41) is 13.0. The molecule has 0 fully saturated rings. The Kier molecular flexibility index (Phi) is 6.09. The Morgan fingerprint density at radius 3 is 2.29 bits per heavy atom. The quantitative estimate of drug-likeness (QED) is 0.799. The van der Waals surface area contributed by atoms with Crippen molar-refractivity contribution in [2.24, 2.45) is 0 Å². The molecule has 0 aliphatic heterocycles. The number of carbonyl (C=O) groups is 2. The highest BCUT2D eigenvalue weighted by atomic mass is 16.5. The molecule has 2 N–H and O–H groups in total. The first-order valence-corrected chi connectivity index (χ1v) is 7.80. The fourth-order valence-electron chi connectivity index (χ4n) is 2.30. The summed E-state index contributed by atoms with van der Waals surface area (Å²) in [5.74, 6) is -1.14. The molecule has 2 aromatic carbocycles. The second-order valence-corrected chi connectivity index (χ2v) is 5.42. The minimum absolute atomic E-state index is 0.156. The van der Waals surface area contributed by atoms with Gasteiger partial charge in [-0.1, -0.05) is 48.0 Å². The number of esters is 1. The second kappa shape index (κ2) is 8.26. The highest BCUT2D eigenvalue weighted by Crippen LogP contribution is 2.19. The van der Waals surface area contributed by atoms with E-state index in [0.29, 0.717) is 11.1 Å². The minimum Gasteiger partial charge on any atom is -0.464 e. The molecule has 0 aliphatic rings. The van der Waals surface area contributed by atoms with Crippen LogP contribution in [0.15, 0.2) is 54.6 Å². The van der Waals surface area contributed by atoms with Crippen LogP contribution in [0.4, 0.5) is 0 Å². The lowest BCUT2D eigenvalue weighted by atomic mass is 10.0. The molecule has 0 aliphatic carbocycles. The van der Waals surface area contributed by atoms with Gasteiger partial charge in [0.2, 0.25) is 0 Å². The van der Waals surface area contributed by atoms with E-state index in [1.165, 1.54) is 0 Å². The Morgan fingerprint density at radius 2 is 1.71 bits per heavy atom. The van der Waals surface area contributed by atoms with Gasteiger partial charge in [0.05, 0.1) is 12.6 Å². The molecule has 2 atom stereocenters. The summed E-state index contributed by atoms with van der Waals surface area (Å²) >= 11 is 0. The maximum Gasteiger partial charge on any atom is 0.337 e. The minimum atomic E-state index is -1.48. The number of rotatable bonds is 6. The molecule has 0 bridgehead atoms. The zero-order chi connectivity index (χ0) is 17.5. The van der Waals surface area contributed by atoms with Crippen molar-refractivity contribution in [3.05, 3.63) is 71.3 Å². The monoisotopic (exact) mass is 327 g/mol. The van der Waals surface area contributed by atoms with Gasteiger partial charge in [-0.25, -0.2) is 4.79 Å². The lowest BCUT2D eigenvalue weighted by molar-refractivity contribution is -0.154. The van der Waals surface area contributed by atoms with Crippen molar-refractivity contribution in [1.29, 1.82) is 0 Å². The normalized spacial score (nSPS) is 13.0. The second-order valence-electron chi connectivity index (χ2n) is 5.42. The highest BCUT2D eigenvalue weighted by Gasteiger charge is 2.30. The van der Waals surface area contributed by atoms with Crippen molar-refractivity contribution >= 4 is 11.9 Å². The standard InChI is InChI=1S/C19H21NO4/c1-3-24-19(23)17(21)16(14-7-5-4-6-8-14)20-18(22)15-11-9-13(2)10-12-15/h4-12,16-17,21H,3H2,1-2H3,(H,20,22). The third-order valence-corrected chi connectivity index (χ3v) is 3.60. The largest absolute Gasteiger partial charge is 0.464 e. The van der Waals surface area contributed by atoms with Gasteiger partial charge in [-0.3, -0.25) is 4.79 Å². The van der Waals surface area contributed by atoms with Crippen molar-refractivity contribution in [1.82, 2.24) is 5.32 Å². The molecule has 24 heavy (non-hydrogen) atoms. The summed E-state index contributed by atoms with van der Waals surface area (Å²) in [4.78, 5) is 24.3. The van der Waals surface area contributed by atoms with E-state index in [9.17, 15) is 14.7 Å². The topological polar surface area (TPSA) is 75.6 Å². The van der Waals surface area contributed by atoms with Crippen LogP contribution < -0.4 is 5.32 Å². The number of aliphatic hydroxyl groups is 1. The third kappa shape index (κ3) is 4.43. The Bertz CT molecular complexity index is 682. The maximum atomic E-state index is 12.5. The van der Waals surface area contributed by atoms with Crippen LogP contribution >= 0.6 is 0 Å². The average Bonchev–Trinajstić information content (AvgIpc) is 2.60. The molecule has 0 saturated carbocycles. The van der Waals surface area contributed by atoms with Gasteiger partial charge in [-0.2, -0.15) is 0 Å². The van der Waals surface area contributed by atoms with Gasteiger partial charge in [0.15, 0.2) is 6.10 Å². The van der Waals surface area contributed by atoms with Gasteiger partial charge in [0.25, 0.3) is 5.91 Å². The van der Waals surface area contributed by atoms with E-state index in [-0.39, 0.29) is 12.5 Å². The summed E-state index contributed by atoms with van der Waals surface area (Å²) in [6.45, 7) is 3.75. The van der Waals surface area contributed by atoms with Gasteiger partial charge in [0, 0.05) is 5.56 Å². The molecule has 2 rings (SSSR count). The Labute approximate surface area is 141 Å². The number of nitrogens with one attached hydrogen (secondary N) is 1. The average molecular weight is 327 g/mol. The molecule has 0 spiro atoms. The molecular formula is C19H21NO4. The first-order valence-electron chi connectivity index (χ1n) is 7.80. The van der Waals surface area contributed by atoms with Crippen LogP contribution in [-0.4, -0.2) is 29.7 Å². The zero-order valence-corrected chi connectivity index (χ0v) is 13.7. The van der Waals surface area contributed by atoms with E-state index in [0.717, 1.165) is 5.56 Å². The van der Waals surface area contributed by atoms with Crippen molar-refractivity contribution in [3.8, 4) is 0 Å². The number of amides is 1. The number of aliphatic hydroxyl groups excluding tert-OH is 1. The molecule has 5 heteroatoms. The molecule has 0 heterocycles. The Balaban J connectivity index is 2.24. The summed E-state index contributed by atoms with van der Waals surface area (Å²) in [6, 6.07) is 15.0. The Hall–Kier alpha value is -2.66. The maximum absolute atomic E-state index is 12.5. The number of ether oxygens (including phenoxy) is 1. The predicted molar refractivity (Wildman–Crippen MR) is 90.5 cm³/mol. The van der Waals surface area contributed by atoms with Crippen molar-refractivity contribution in [3.63, 3.8) is 0 Å². The lowest BCUT2D eigenvalue weighted by Gasteiger charge is -2.23. The van der Waals surface area contributed by atoms with Crippen LogP contribution in [-0.2, 0) is 9.53 Å². The first kappa shape index (κ1) is 17.7. The smallest absolute Gasteiger partial charge is 0.337 e. The number of hydrogen-bond acceptors (Lipinski definition) is 4. The molecule has 2 aromatic rings. The van der Waals surface area contributed by atoms with Gasteiger partial charge in [0.1, 0.15) is 0 Å². The summed E-state index contributed by atoms with van der Waals surface area (Å²) < 4.78 is 4.87. The molecule has 0 radical (unpaired) electrons. The lowest BCUT2D eigenvalue weighted by Crippen LogP contribution is -2.41. The number of benzene rings is 2. The number of hydrogen-bond donors (Lipinski definition) is 2. The fraction of sp³-hybridized carbons (Fsp3) is 0.263. The van der Waals surface area contributed by atoms with E-state index in [2.05, 4.69) is 5.32 Å². The predicted octanol–water partition coefficient (Wildman–Crippen LogP) is 2.39. The van der Waals surface area contributed by atoms with Gasteiger partial charge in [-0.05, 0) is 31.5 Å². The van der Waals surface area contributed by atoms with Crippen LogP contribution in [0.25, 0.3) is 0 Å². The first-order chi connectivity index (χ1) is 11.5. The number of carbonyl (C=O) groups excluding carboxylic acids is 2. The van der Waals surface area contributed by atoms with Gasteiger partial charge >= 0.3 is 5.97 Å². The molecular weight excluding hydrogens is 306 g/mol. The zero-order valence-electron chi connectivity index (χ0n) is 13.7. The molecule has 2 unspecified atom stereocenters. The Morgan fingerprint density at radius 1 is 1.08 bits per heavy atom. The molecule has 1 amide bonds. The van der Waals surface area contributed by atoms with Gasteiger partial charge < -0.3 is 15.2 Å². The van der Waals surface area contributed by atoms with Gasteiger partial charge in [-0.15, -0.1) is 0 Å². The molecule has 0 aromatic heterocycles. The number of aryl methyl sites for hydroxylation is 1. The van der Waals surface area contributed by atoms with Crippen LogP contribution in [0.5, 0.6) is 0 Å². The summed E-state index contributed by atoms with van der Waals surface area (Å²) in [5.41, 5.74) is 2.12. The van der Waals surface area contributed by atoms with Crippen molar-refractivity contribution < 1.29 is 19.4 Å². The van der Waals surface area contributed by atoms with Crippen molar-refractivity contribution in [2.75, 3.05) is 6.61 Å². The summed E-state index contributed by atoms with van der Waals surface area (Å²) in [6.07, 6.45) is -1.48. The molecule has 126 valence electrons. The van der Waals surface area contributed by atoms with E-state index in [1.807, 2.05) is 25.1 Å². The fourth-order valence-corrected chi connectivity index (χ4v) is 2.30. The highest BCUT2D eigenvalue weighted by molar-refractivity contribution is 5.95. The van der Waals surface area contributed by atoms with E-state index in [4.69, 9.17) is 4.74 Å². The van der Waals surface area contributed by atoms with E-state index in [1.54, 1.807) is 43.3 Å². The van der Waals surface area contributed by atoms with E-state index < -0.39 is 18.1 Å². The van der Waals surface area contributed by atoms with Crippen LogP contribution in [0, 0.1) is 6.92 Å². The SMILES string of the molecule is CCOC(=O)C(O)C(NC(=O)c1ccc(C)cc1)c1ccccc1. The summed E-state index contributed by atoms with van der Waals surface area (Å²) in [7, 11) is 0. The van der Waals surface area contributed by atoms with Crippen LogP contribution in [0.1, 0.15) is 34.5 Å². The molecule has 0 saturated heterocycles. The van der Waals surface area contributed by atoms with E-state index >= 15 is 0 Å². The third-order valence-electron chi connectivity index (χ3n) is 3.60.